The van der Waals surface area contributed by atoms with Gasteiger partial charge in [0.2, 0.25) is 0 Å². The molecule has 0 amide bonds. The maximum Gasteiger partial charge on any atom is 0.119 e. The van der Waals surface area contributed by atoms with Gasteiger partial charge in [0, 0.05) is 26.0 Å². The average molecular weight is 259 g/mol. The van der Waals surface area contributed by atoms with Gasteiger partial charge in [0.05, 0.1) is 24.0 Å². The van der Waals surface area contributed by atoms with Crippen LogP contribution in [-0.4, -0.2) is 33.2 Å². The van der Waals surface area contributed by atoms with E-state index in [4.69, 9.17) is 9.72 Å². The number of methoxy groups -OCH3 is 1. The first-order valence-corrected chi connectivity index (χ1v) is 6.37. The van der Waals surface area contributed by atoms with Crippen LogP contribution in [0.5, 0.6) is 5.75 Å². The Kier molecular flexibility index (Phi) is 3.90. The van der Waals surface area contributed by atoms with Crippen molar-refractivity contribution in [1.82, 2.24) is 10.3 Å². The maximum absolute atomic E-state index is 5.32. The van der Waals surface area contributed by atoms with Crippen LogP contribution in [-0.2, 0) is 6.54 Å². The molecule has 4 nitrogen and oxygen atoms in total. The van der Waals surface area contributed by atoms with E-state index < -0.39 is 0 Å². The van der Waals surface area contributed by atoms with Crippen molar-refractivity contribution >= 4 is 16.6 Å². The zero-order valence-electron chi connectivity index (χ0n) is 12.2. The van der Waals surface area contributed by atoms with Crippen LogP contribution >= 0.6 is 0 Å². The van der Waals surface area contributed by atoms with Crippen molar-refractivity contribution in [2.75, 3.05) is 33.2 Å². The lowest BCUT2D eigenvalue weighted by Gasteiger charge is -2.21. The van der Waals surface area contributed by atoms with E-state index in [1.54, 1.807) is 7.11 Å². The molecule has 1 heterocycles. The summed E-state index contributed by atoms with van der Waals surface area (Å²) >= 11 is 0. The molecule has 2 rings (SSSR count). The number of aromatic nitrogens is 1. The molecular weight excluding hydrogens is 238 g/mol. The van der Waals surface area contributed by atoms with Crippen molar-refractivity contribution in [2.24, 2.45) is 0 Å². The Morgan fingerprint density at radius 2 is 2.05 bits per heavy atom. The third-order valence-electron chi connectivity index (χ3n) is 3.29. The second kappa shape index (κ2) is 5.45. The fourth-order valence-electron chi connectivity index (χ4n) is 2.41. The minimum Gasteiger partial charge on any atom is -0.497 e. The molecule has 0 saturated heterocycles. The van der Waals surface area contributed by atoms with Crippen LogP contribution in [0, 0.1) is 6.92 Å². The van der Waals surface area contributed by atoms with E-state index in [0.29, 0.717) is 0 Å². The fraction of sp³-hybridized carbons (Fsp3) is 0.400. The Balaban J connectivity index is 2.76. The quantitative estimate of drug-likeness (QED) is 0.914. The largest absolute Gasteiger partial charge is 0.497 e. The standard InChI is InChI=1S/C15H21N3O/c1-10-14(9-16-2)17-13-7-6-11(19-5)8-12(13)15(10)18(3)4/h6-8,16H,9H2,1-5H3. The Hall–Kier alpha value is -1.81. The van der Waals surface area contributed by atoms with Gasteiger partial charge in [-0.1, -0.05) is 0 Å². The van der Waals surface area contributed by atoms with Crippen molar-refractivity contribution in [3.63, 3.8) is 0 Å². The Morgan fingerprint density at radius 1 is 1.32 bits per heavy atom. The van der Waals surface area contributed by atoms with E-state index in [1.807, 2.05) is 25.2 Å². The SMILES string of the molecule is CNCc1nc2ccc(OC)cc2c(N(C)C)c1C. The molecule has 0 aliphatic carbocycles. The summed E-state index contributed by atoms with van der Waals surface area (Å²) in [6.07, 6.45) is 0. The monoisotopic (exact) mass is 259 g/mol. The van der Waals surface area contributed by atoms with Gasteiger partial charge < -0.3 is 15.0 Å². The van der Waals surface area contributed by atoms with Crippen LogP contribution in [0.3, 0.4) is 0 Å². The lowest BCUT2D eigenvalue weighted by Crippen LogP contribution is -2.15. The molecule has 0 unspecified atom stereocenters. The number of hydrogen-bond donors (Lipinski definition) is 1. The Morgan fingerprint density at radius 3 is 2.63 bits per heavy atom. The molecule has 0 spiro atoms. The smallest absolute Gasteiger partial charge is 0.119 e. The third-order valence-corrected chi connectivity index (χ3v) is 3.29. The Bertz CT molecular complexity index is 593. The number of pyridine rings is 1. The topological polar surface area (TPSA) is 37.4 Å². The van der Waals surface area contributed by atoms with Crippen molar-refractivity contribution in [3.05, 3.63) is 29.5 Å². The number of anilines is 1. The van der Waals surface area contributed by atoms with Gasteiger partial charge in [0.1, 0.15) is 5.75 Å². The van der Waals surface area contributed by atoms with Crippen molar-refractivity contribution in [3.8, 4) is 5.75 Å². The summed E-state index contributed by atoms with van der Waals surface area (Å²) in [5, 5.41) is 4.30. The van der Waals surface area contributed by atoms with Gasteiger partial charge in [-0.3, -0.25) is 4.98 Å². The summed E-state index contributed by atoms with van der Waals surface area (Å²) in [6.45, 7) is 2.89. The summed E-state index contributed by atoms with van der Waals surface area (Å²) in [4.78, 5) is 6.88. The lowest BCUT2D eigenvalue weighted by atomic mass is 10.1. The predicted octanol–water partition coefficient (Wildman–Crippen LogP) is 2.34. The summed E-state index contributed by atoms with van der Waals surface area (Å²) in [5.41, 5.74) is 4.50. The molecule has 1 aromatic carbocycles. The van der Waals surface area contributed by atoms with E-state index in [1.165, 1.54) is 11.3 Å². The van der Waals surface area contributed by atoms with Crippen molar-refractivity contribution < 1.29 is 4.74 Å². The minimum atomic E-state index is 0.772. The molecule has 1 aromatic heterocycles. The van der Waals surface area contributed by atoms with Gasteiger partial charge in [-0.05, 0) is 37.7 Å². The second-order valence-corrected chi connectivity index (χ2v) is 4.84. The zero-order chi connectivity index (χ0) is 14.0. The number of nitrogens with one attached hydrogen (secondary N) is 1. The molecule has 0 aliphatic rings. The number of benzene rings is 1. The third kappa shape index (κ3) is 2.49. The molecule has 0 fully saturated rings. The summed E-state index contributed by atoms with van der Waals surface area (Å²) < 4.78 is 5.32. The molecule has 1 N–H and O–H groups in total. The molecule has 102 valence electrons. The predicted molar refractivity (Wildman–Crippen MR) is 80.1 cm³/mol. The molecule has 19 heavy (non-hydrogen) atoms. The van der Waals surface area contributed by atoms with Crippen molar-refractivity contribution in [1.29, 1.82) is 0 Å². The highest BCUT2D eigenvalue weighted by atomic mass is 16.5. The van der Waals surface area contributed by atoms with E-state index in [9.17, 15) is 0 Å². The number of fused-ring (bicyclic) bond motifs is 1. The molecule has 0 radical (unpaired) electrons. The van der Waals surface area contributed by atoms with Crippen LogP contribution < -0.4 is 15.0 Å². The van der Waals surface area contributed by atoms with Gasteiger partial charge >= 0.3 is 0 Å². The number of hydrogen-bond acceptors (Lipinski definition) is 4. The van der Waals surface area contributed by atoms with Crippen LogP contribution in [0.4, 0.5) is 5.69 Å². The molecular formula is C15H21N3O. The fourth-order valence-corrected chi connectivity index (χ4v) is 2.41. The van der Waals surface area contributed by atoms with Gasteiger partial charge in [0.25, 0.3) is 0 Å². The first kappa shape index (κ1) is 13.6. The first-order chi connectivity index (χ1) is 9.08. The summed E-state index contributed by atoms with van der Waals surface area (Å²) in [6, 6.07) is 6.01. The Labute approximate surface area is 114 Å². The van der Waals surface area contributed by atoms with E-state index in [-0.39, 0.29) is 0 Å². The van der Waals surface area contributed by atoms with E-state index in [2.05, 4.69) is 31.2 Å². The summed E-state index contributed by atoms with van der Waals surface area (Å²) in [5.74, 6) is 0.859. The highest BCUT2D eigenvalue weighted by Gasteiger charge is 2.13. The van der Waals surface area contributed by atoms with Gasteiger partial charge in [-0.25, -0.2) is 0 Å². The molecule has 2 aromatic rings. The maximum atomic E-state index is 5.32. The van der Waals surface area contributed by atoms with Crippen molar-refractivity contribution in [2.45, 2.75) is 13.5 Å². The van der Waals surface area contributed by atoms with Crippen LogP contribution in [0.15, 0.2) is 18.2 Å². The lowest BCUT2D eigenvalue weighted by molar-refractivity contribution is 0.415. The van der Waals surface area contributed by atoms with Gasteiger partial charge in [0.15, 0.2) is 0 Å². The second-order valence-electron chi connectivity index (χ2n) is 4.84. The number of nitrogens with zero attached hydrogens (tertiary/aromatic N) is 2. The minimum absolute atomic E-state index is 0.772. The zero-order valence-corrected chi connectivity index (χ0v) is 12.2. The summed E-state index contributed by atoms with van der Waals surface area (Å²) in [7, 11) is 7.75. The van der Waals surface area contributed by atoms with E-state index in [0.717, 1.165) is 28.9 Å². The molecule has 0 atom stereocenters. The van der Waals surface area contributed by atoms with Crippen LogP contribution in [0.25, 0.3) is 10.9 Å². The molecule has 0 bridgehead atoms. The molecule has 4 heteroatoms. The number of ether oxygens (including phenoxy) is 1. The van der Waals surface area contributed by atoms with Gasteiger partial charge in [-0.15, -0.1) is 0 Å². The highest BCUT2D eigenvalue weighted by Crippen LogP contribution is 2.32. The number of rotatable bonds is 4. The first-order valence-electron chi connectivity index (χ1n) is 6.37. The van der Waals surface area contributed by atoms with E-state index >= 15 is 0 Å². The normalized spacial score (nSPS) is 10.8. The van der Waals surface area contributed by atoms with Gasteiger partial charge in [-0.2, -0.15) is 0 Å². The molecule has 0 saturated carbocycles. The molecule has 0 aliphatic heterocycles. The highest BCUT2D eigenvalue weighted by molar-refractivity contribution is 5.94. The van der Waals surface area contributed by atoms with Crippen LogP contribution in [0.2, 0.25) is 0 Å². The van der Waals surface area contributed by atoms with Crippen LogP contribution in [0.1, 0.15) is 11.3 Å². The average Bonchev–Trinajstić information content (AvgIpc) is 2.39.